The van der Waals surface area contributed by atoms with Gasteiger partial charge >= 0.3 is 12.2 Å². The van der Waals surface area contributed by atoms with Gasteiger partial charge in [0.25, 0.3) is 0 Å². The molecule has 4 rings (SSSR count). The summed E-state index contributed by atoms with van der Waals surface area (Å²) in [6, 6.07) is 16.7. The lowest BCUT2D eigenvalue weighted by Crippen LogP contribution is -2.64. The standard InChI is InChI=1S/C21H24N4O4/c26-20(27)24-25-11-14(12-25)22-9-10-23-21(28)29-13-19-17-7-3-1-5-15(17)16-6-2-4-8-18(16)19/h1-8,14,19,22,24H,9-13H2,(H,23,28)(H,26,27). The molecule has 1 aliphatic carbocycles. The molecule has 0 saturated carbocycles. The fourth-order valence-electron chi connectivity index (χ4n) is 3.92. The monoisotopic (exact) mass is 396 g/mol. The molecule has 2 amide bonds. The number of rotatable bonds is 7. The third-order valence-corrected chi connectivity index (χ3v) is 5.31. The molecule has 0 spiro atoms. The Bertz CT molecular complexity index is 852. The van der Waals surface area contributed by atoms with Crippen LogP contribution in [-0.4, -0.2) is 61.1 Å². The SMILES string of the molecule is O=C(O)NN1CC(NCCNC(=O)OCC2c3ccccc3-c3ccccc32)C1. The highest BCUT2D eigenvalue weighted by Crippen LogP contribution is 2.44. The first-order chi connectivity index (χ1) is 14.1. The van der Waals surface area contributed by atoms with Crippen LogP contribution < -0.4 is 16.1 Å². The van der Waals surface area contributed by atoms with Crippen molar-refractivity contribution in [3.63, 3.8) is 0 Å². The number of carbonyl (C=O) groups is 2. The zero-order chi connectivity index (χ0) is 20.2. The van der Waals surface area contributed by atoms with Crippen LogP contribution in [0.2, 0.25) is 0 Å². The number of hydrazine groups is 1. The molecular weight excluding hydrogens is 372 g/mol. The third-order valence-electron chi connectivity index (χ3n) is 5.31. The van der Waals surface area contributed by atoms with Gasteiger partial charge in [0.1, 0.15) is 6.61 Å². The first kappa shape index (κ1) is 19.2. The molecule has 2 aromatic carbocycles. The minimum atomic E-state index is -1.06. The first-order valence-corrected chi connectivity index (χ1v) is 9.68. The first-order valence-electron chi connectivity index (χ1n) is 9.68. The lowest BCUT2D eigenvalue weighted by Gasteiger charge is -2.38. The van der Waals surface area contributed by atoms with E-state index in [0.717, 1.165) is 0 Å². The van der Waals surface area contributed by atoms with Gasteiger partial charge in [-0.3, -0.25) is 5.43 Å². The van der Waals surface area contributed by atoms with Crippen molar-refractivity contribution in [1.29, 1.82) is 0 Å². The van der Waals surface area contributed by atoms with Crippen LogP contribution in [0.15, 0.2) is 48.5 Å². The van der Waals surface area contributed by atoms with Gasteiger partial charge in [0.15, 0.2) is 0 Å². The molecule has 2 aliphatic rings. The lowest BCUT2D eigenvalue weighted by molar-refractivity contribution is 0.0648. The molecule has 152 valence electrons. The van der Waals surface area contributed by atoms with Crippen LogP contribution in [0.1, 0.15) is 17.0 Å². The Balaban J connectivity index is 1.19. The van der Waals surface area contributed by atoms with Crippen LogP contribution in [0.25, 0.3) is 11.1 Å². The Morgan fingerprint density at radius 3 is 2.24 bits per heavy atom. The molecule has 8 heteroatoms. The van der Waals surface area contributed by atoms with Crippen molar-refractivity contribution in [1.82, 2.24) is 21.1 Å². The lowest BCUT2D eigenvalue weighted by atomic mass is 9.98. The Labute approximate surface area is 168 Å². The number of nitrogens with one attached hydrogen (secondary N) is 3. The maximum atomic E-state index is 12.1. The van der Waals surface area contributed by atoms with Crippen LogP contribution in [0, 0.1) is 0 Å². The molecule has 1 aliphatic heterocycles. The summed E-state index contributed by atoms with van der Waals surface area (Å²) in [6.45, 7) is 2.55. The van der Waals surface area contributed by atoms with E-state index < -0.39 is 12.2 Å². The smallest absolute Gasteiger partial charge is 0.419 e. The van der Waals surface area contributed by atoms with Crippen molar-refractivity contribution in [2.75, 3.05) is 32.8 Å². The molecule has 2 aromatic rings. The van der Waals surface area contributed by atoms with Crippen molar-refractivity contribution in [2.24, 2.45) is 0 Å². The van der Waals surface area contributed by atoms with Gasteiger partial charge < -0.3 is 20.5 Å². The van der Waals surface area contributed by atoms with E-state index in [-0.39, 0.29) is 12.0 Å². The highest BCUT2D eigenvalue weighted by atomic mass is 16.5. The number of hydrogen-bond donors (Lipinski definition) is 4. The number of alkyl carbamates (subject to hydrolysis) is 1. The molecule has 1 heterocycles. The third kappa shape index (κ3) is 4.33. The molecule has 0 aromatic heterocycles. The van der Waals surface area contributed by atoms with Crippen molar-refractivity contribution in [2.45, 2.75) is 12.0 Å². The van der Waals surface area contributed by atoms with E-state index in [2.05, 4.69) is 40.3 Å². The topological polar surface area (TPSA) is 103 Å². The van der Waals surface area contributed by atoms with Gasteiger partial charge in [-0.25, -0.2) is 14.6 Å². The van der Waals surface area contributed by atoms with Gasteiger partial charge in [0.05, 0.1) is 0 Å². The number of carboxylic acid groups (broad SMARTS) is 1. The van der Waals surface area contributed by atoms with Gasteiger partial charge in [-0.1, -0.05) is 48.5 Å². The van der Waals surface area contributed by atoms with E-state index in [0.29, 0.717) is 32.8 Å². The summed E-state index contributed by atoms with van der Waals surface area (Å²) in [7, 11) is 0. The predicted octanol–water partition coefficient (Wildman–Crippen LogP) is 1.98. The zero-order valence-electron chi connectivity index (χ0n) is 15.9. The Kier molecular flexibility index (Phi) is 5.64. The average molecular weight is 396 g/mol. The second-order valence-electron chi connectivity index (χ2n) is 7.23. The second-order valence-corrected chi connectivity index (χ2v) is 7.23. The van der Waals surface area contributed by atoms with E-state index in [1.807, 2.05) is 24.3 Å². The summed E-state index contributed by atoms with van der Waals surface area (Å²) < 4.78 is 5.49. The molecule has 0 bridgehead atoms. The summed E-state index contributed by atoms with van der Waals surface area (Å²) in [5.41, 5.74) is 7.08. The van der Waals surface area contributed by atoms with Crippen molar-refractivity contribution in [3.8, 4) is 11.1 Å². The number of ether oxygens (including phenoxy) is 1. The van der Waals surface area contributed by atoms with Crippen LogP contribution in [0.5, 0.6) is 0 Å². The highest BCUT2D eigenvalue weighted by molar-refractivity contribution is 5.79. The maximum absolute atomic E-state index is 12.1. The molecule has 0 radical (unpaired) electrons. The van der Waals surface area contributed by atoms with Gasteiger partial charge in [0.2, 0.25) is 0 Å². The predicted molar refractivity (Wildman–Crippen MR) is 108 cm³/mol. The van der Waals surface area contributed by atoms with Crippen LogP contribution in [0.4, 0.5) is 9.59 Å². The van der Waals surface area contributed by atoms with Gasteiger partial charge in [-0.15, -0.1) is 0 Å². The molecule has 1 fully saturated rings. The number of hydrogen-bond acceptors (Lipinski definition) is 5. The second kappa shape index (κ2) is 8.50. The summed E-state index contributed by atoms with van der Waals surface area (Å²) in [5.74, 6) is 0.0500. The van der Waals surface area contributed by atoms with Gasteiger partial charge in [-0.2, -0.15) is 0 Å². The Hall–Kier alpha value is -3.10. The van der Waals surface area contributed by atoms with Crippen LogP contribution in [0.3, 0.4) is 0 Å². The van der Waals surface area contributed by atoms with Crippen molar-refractivity contribution < 1.29 is 19.4 Å². The van der Waals surface area contributed by atoms with Crippen molar-refractivity contribution >= 4 is 12.2 Å². The van der Waals surface area contributed by atoms with E-state index in [1.165, 1.54) is 22.3 Å². The molecule has 29 heavy (non-hydrogen) atoms. The number of benzene rings is 2. The van der Waals surface area contributed by atoms with E-state index in [4.69, 9.17) is 9.84 Å². The van der Waals surface area contributed by atoms with Crippen LogP contribution in [-0.2, 0) is 4.74 Å². The highest BCUT2D eigenvalue weighted by Gasteiger charge is 2.29. The normalized spacial score (nSPS) is 15.9. The minimum Gasteiger partial charge on any atom is -0.464 e. The van der Waals surface area contributed by atoms with E-state index in [9.17, 15) is 9.59 Å². The number of nitrogens with zero attached hydrogens (tertiary/aromatic N) is 1. The maximum Gasteiger partial charge on any atom is 0.419 e. The summed E-state index contributed by atoms with van der Waals surface area (Å²) in [6.07, 6.45) is -1.49. The fourth-order valence-corrected chi connectivity index (χ4v) is 3.92. The largest absolute Gasteiger partial charge is 0.464 e. The summed E-state index contributed by atoms with van der Waals surface area (Å²) in [4.78, 5) is 22.6. The molecule has 4 N–H and O–H groups in total. The van der Waals surface area contributed by atoms with E-state index >= 15 is 0 Å². The van der Waals surface area contributed by atoms with Gasteiger partial charge in [-0.05, 0) is 22.3 Å². The average Bonchev–Trinajstić information content (AvgIpc) is 3.01. The van der Waals surface area contributed by atoms with Crippen molar-refractivity contribution in [3.05, 3.63) is 59.7 Å². The minimum absolute atomic E-state index is 0.0500. The van der Waals surface area contributed by atoms with E-state index in [1.54, 1.807) is 5.01 Å². The Morgan fingerprint density at radius 2 is 1.62 bits per heavy atom. The number of amides is 2. The summed E-state index contributed by atoms with van der Waals surface area (Å²) in [5, 5.41) is 16.2. The molecule has 8 nitrogen and oxygen atoms in total. The molecular formula is C21H24N4O4. The van der Waals surface area contributed by atoms with Crippen LogP contribution >= 0.6 is 0 Å². The molecule has 0 unspecified atom stereocenters. The molecule has 0 atom stereocenters. The van der Waals surface area contributed by atoms with Gasteiger partial charge in [0, 0.05) is 38.1 Å². The number of fused-ring (bicyclic) bond motifs is 3. The quantitative estimate of drug-likeness (QED) is 0.534. The molecule has 1 saturated heterocycles. The number of carbonyl (C=O) groups excluding carboxylic acids is 1. The fraction of sp³-hybridized carbons (Fsp3) is 0.333. The summed E-state index contributed by atoms with van der Waals surface area (Å²) >= 11 is 0. The Morgan fingerprint density at radius 1 is 1.00 bits per heavy atom. The zero-order valence-corrected chi connectivity index (χ0v) is 15.9.